The fourth-order valence-corrected chi connectivity index (χ4v) is 6.96. The van der Waals surface area contributed by atoms with Gasteiger partial charge in [-0.25, -0.2) is 12.7 Å². The first-order valence-corrected chi connectivity index (χ1v) is 13.9. The van der Waals surface area contributed by atoms with Gasteiger partial charge in [-0.1, -0.05) is 41.9 Å². The number of likely N-dealkylation sites (tertiary alicyclic amines) is 1. The maximum Gasteiger partial charge on any atom is 0.223 e. The summed E-state index contributed by atoms with van der Waals surface area (Å²) in [6.07, 6.45) is 3.45. The van der Waals surface area contributed by atoms with E-state index in [4.69, 9.17) is 0 Å². The monoisotopic (exact) mass is 513 g/mol. The standard InChI is InChI=1S/C23H36BrN3O3S/c1-18-13-19(2)16-26(15-18)10-4-9-25-23(28)21-7-11-27(12-8-21)31(29,30)17-20-5-3-6-22(24)14-20/h3,5-6,14,18-19,21H,4,7-13,15-17H2,1-2H3,(H,25,28)/t18-,19-/m1/s1. The van der Waals surface area contributed by atoms with Gasteiger partial charge in [-0.05, 0) is 61.8 Å². The van der Waals surface area contributed by atoms with Gasteiger partial charge in [0.05, 0.1) is 5.75 Å². The molecule has 0 saturated carbocycles. The van der Waals surface area contributed by atoms with Crippen LogP contribution >= 0.6 is 15.9 Å². The van der Waals surface area contributed by atoms with Crippen molar-refractivity contribution in [2.24, 2.45) is 17.8 Å². The molecule has 2 aliphatic rings. The first-order chi connectivity index (χ1) is 14.7. The average molecular weight is 515 g/mol. The summed E-state index contributed by atoms with van der Waals surface area (Å²) in [4.78, 5) is 15.1. The predicted octanol–water partition coefficient (Wildman–Crippen LogP) is 3.48. The molecule has 1 amide bonds. The van der Waals surface area contributed by atoms with Crippen molar-refractivity contribution in [1.29, 1.82) is 0 Å². The summed E-state index contributed by atoms with van der Waals surface area (Å²) in [6.45, 7) is 9.50. The zero-order chi connectivity index (χ0) is 22.4. The lowest BCUT2D eigenvalue weighted by atomic mass is 9.92. The van der Waals surface area contributed by atoms with Crippen molar-refractivity contribution < 1.29 is 13.2 Å². The summed E-state index contributed by atoms with van der Waals surface area (Å²) in [5.74, 6) is 1.49. The van der Waals surface area contributed by atoms with Gasteiger partial charge in [-0.15, -0.1) is 0 Å². The van der Waals surface area contributed by atoms with Crippen molar-refractivity contribution >= 4 is 31.9 Å². The maximum absolute atomic E-state index is 12.8. The second-order valence-electron chi connectivity index (χ2n) is 9.41. The Balaban J connectivity index is 1.37. The van der Waals surface area contributed by atoms with E-state index in [1.54, 1.807) is 0 Å². The lowest BCUT2D eigenvalue weighted by Gasteiger charge is -2.35. The minimum Gasteiger partial charge on any atom is -0.356 e. The van der Waals surface area contributed by atoms with Crippen LogP contribution in [0, 0.1) is 17.8 Å². The van der Waals surface area contributed by atoms with Gasteiger partial charge in [-0.3, -0.25) is 4.79 Å². The number of rotatable bonds is 8. The molecule has 0 aliphatic carbocycles. The largest absolute Gasteiger partial charge is 0.356 e. The van der Waals surface area contributed by atoms with E-state index < -0.39 is 10.0 Å². The van der Waals surface area contributed by atoms with Crippen LogP contribution < -0.4 is 5.32 Å². The molecule has 31 heavy (non-hydrogen) atoms. The quantitative estimate of drug-likeness (QED) is 0.540. The Morgan fingerprint density at radius 2 is 1.84 bits per heavy atom. The molecule has 2 fully saturated rings. The highest BCUT2D eigenvalue weighted by molar-refractivity contribution is 9.10. The molecule has 0 bridgehead atoms. The van der Waals surface area contributed by atoms with E-state index in [1.165, 1.54) is 10.7 Å². The molecule has 1 N–H and O–H groups in total. The molecule has 2 heterocycles. The molecule has 0 radical (unpaired) electrons. The van der Waals surface area contributed by atoms with Gasteiger partial charge < -0.3 is 10.2 Å². The molecule has 3 rings (SSSR count). The number of nitrogens with zero attached hydrogens (tertiary/aromatic N) is 2. The summed E-state index contributed by atoms with van der Waals surface area (Å²) in [7, 11) is -3.37. The third-order valence-corrected chi connectivity index (χ3v) is 8.69. The lowest BCUT2D eigenvalue weighted by molar-refractivity contribution is -0.126. The summed E-state index contributed by atoms with van der Waals surface area (Å²) >= 11 is 3.39. The van der Waals surface area contributed by atoms with Crippen LogP contribution in [0.4, 0.5) is 0 Å². The highest BCUT2D eigenvalue weighted by Crippen LogP contribution is 2.23. The topological polar surface area (TPSA) is 69.7 Å². The third kappa shape index (κ3) is 7.55. The molecule has 8 heteroatoms. The molecule has 174 valence electrons. The molecule has 2 saturated heterocycles. The van der Waals surface area contributed by atoms with Crippen LogP contribution in [0.5, 0.6) is 0 Å². The number of piperidine rings is 2. The molecule has 0 spiro atoms. The SMILES string of the molecule is C[C@@H]1C[C@@H](C)CN(CCCNC(=O)C2CCN(S(=O)(=O)Cc3cccc(Br)c3)CC2)C1. The minimum absolute atomic E-state index is 0.00294. The highest BCUT2D eigenvalue weighted by Gasteiger charge is 2.31. The number of benzene rings is 1. The van der Waals surface area contributed by atoms with Gasteiger partial charge in [0.1, 0.15) is 0 Å². The van der Waals surface area contributed by atoms with Crippen molar-refractivity contribution in [3.63, 3.8) is 0 Å². The van der Waals surface area contributed by atoms with Crippen LogP contribution in [-0.2, 0) is 20.6 Å². The molecular formula is C23H36BrN3O3S. The van der Waals surface area contributed by atoms with Crippen molar-refractivity contribution in [3.05, 3.63) is 34.3 Å². The Morgan fingerprint density at radius 1 is 1.16 bits per heavy atom. The fourth-order valence-electron chi connectivity index (χ4n) is 4.96. The summed E-state index contributed by atoms with van der Waals surface area (Å²) < 4.78 is 27.9. The molecule has 1 aromatic carbocycles. The van der Waals surface area contributed by atoms with E-state index in [0.29, 0.717) is 32.5 Å². The molecule has 0 aromatic heterocycles. The van der Waals surface area contributed by atoms with Gasteiger partial charge in [0.15, 0.2) is 0 Å². The van der Waals surface area contributed by atoms with Crippen LogP contribution in [0.3, 0.4) is 0 Å². The number of amides is 1. The second-order valence-corrected chi connectivity index (χ2v) is 12.3. The van der Waals surface area contributed by atoms with Crippen LogP contribution in [0.2, 0.25) is 0 Å². The number of hydrogen-bond donors (Lipinski definition) is 1. The fraction of sp³-hybridized carbons (Fsp3) is 0.696. The van der Waals surface area contributed by atoms with Crippen molar-refractivity contribution in [2.75, 3.05) is 39.3 Å². The van der Waals surface area contributed by atoms with Gasteiger partial charge in [0, 0.05) is 43.1 Å². The molecule has 6 nitrogen and oxygen atoms in total. The minimum atomic E-state index is -3.37. The normalized spacial score (nSPS) is 24.2. The maximum atomic E-state index is 12.8. The Labute approximate surface area is 195 Å². The highest BCUT2D eigenvalue weighted by atomic mass is 79.9. The number of carbonyl (C=O) groups excluding carboxylic acids is 1. The Hall–Kier alpha value is -0.960. The number of carbonyl (C=O) groups is 1. The lowest BCUT2D eigenvalue weighted by Crippen LogP contribution is -2.44. The Bertz CT molecular complexity index is 830. The summed E-state index contributed by atoms with van der Waals surface area (Å²) in [5, 5.41) is 3.08. The van der Waals surface area contributed by atoms with Crippen LogP contribution in [0.15, 0.2) is 28.7 Å². The first-order valence-electron chi connectivity index (χ1n) is 11.5. The average Bonchev–Trinajstić information content (AvgIpc) is 2.70. The summed E-state index contributed by atoms with van der Waals surface area (Å²) in [6, 6.07) is 7.39. The zero-order valence-corrected chi connectivity index (χ0v) is 21.1. The predicted molar refractivity (Wildman–Crippen MR) is 128 cm³/mol. The van der Waals surface area contributed by atoms with E-state index in [2.05, 4.69) is 40.0 Å². The van der Waals surface area contributed by atoms with Crippen LogP contribution in [0.25, 0.3) is 0 Å². The van der Waals surface area contributed by atoms with Crippen molar-refractivity contribution in [2.45, 2.75) is 45.3 Å². The molecule has 1 aromatic rings. The first kappa shape index (κ1) is 24.7. The van der Waals surface area contributed by atoms with Crippen molar-refractivity contribution in [1.82, 2.24) is 14.5 Å². The third-order valence-electron chi connectivity index (χ3n) is 6.35. The number of hydrogen-bond acceptors (Lipinski definition) is 4. The number of halogens is 1. The smallest absolute Gasteiger partial charge is 0.223 e. The second kappa shape index (κ2) is 11.3. The molecule has 0 unspecified atom stereocenters. The number of nitrogens with one attached hydrogen (secondary N) is 1. The van der Waals surface area contributed by atoms with Gasteiger partial charge in [-0.2, -0.15) is 0 Å². The molecule has 2 atom stereocenters. The van der Waals surface area contributed by atoms with Gasteiger partial charge in [0.2, 0.25) is 15.9 Å². The van der Waals surface area contributed by atoms with E-state index in [-0.39, 0.29) is 17.6 Å². The van der Waals surface area contributed by atoms with E-state index >= 15 is 0 Å². The van der Waals surface area contributed by atoms with Gasteiger partial charge >= 0.3 is 0 Å². The van der Waals surface area contributed by atoms with Crippen LogP contribution in [0.1, 0.15) is 45.1 Å². The Morgan fingerprint density at radius 3 is 2.48 bits per heavy atom. The zero-order valence-electron chi connectivity index (χ0n) is 18.7. The Kier molecular flexibility index (Phi) is 8.96. The molecular weight excluding hydrogens is 478 g/mol. The van der Waals surface area contributed by atoms with Crippen LogP contribution in [-0.4, -0.2) is 62.8 Å². The van der Waals surface area contributed by atoms with Crippen molar-refractivity contribution in [3.8, 4) is 0 Å². The van der Waals surface area contributed by atoms with E-state index in [9.17, 15) is 13.2 Å². The van der Waals surface area contributed by atoms with E-state index in [1.807, 2.05) is 24.3 Å². The number of sulfonamides is 1. The van der Waals surface area contributed by atoms with E-state index in [0.717, 1.165) is 47.9 Å². The summed E-state index contributed by atoms with van der Waals surface area (Å²) in [5.41, 5.74) is 0.770. The molecule has 2 aliphatic heterocycles. The van der Waals surface area contributed by atoms with Gasteiger partial charge in [0.25, 0.3) is 0 Å².